The molecule has 0 atom stereocenters. The van der Waals surface area contributed by atoms with E-state index >= 15 is 0 Å². The Morgan fingerprint density at radius 3 is 2.71 bits per heavy atom. The predicted octanol–water partition coefficient (Wildman–Crippen LogP) is 1.49. The molecule has 1 aliphatic rings. The van der Waals surface area contributed by atoms with Crippen LogP contribution >= 0.6 is 0 Å². The van der Waals surface area contributed by atoms with Crippen molar-refractivity contribution in [3.8, 4) is 0 Å². The first kappa shape index (κ1) is 8.56. The van der Waals surface area contributed by atoms with Crippen LogP contribution in [-0.2, 0) is 4.79 Å². The lowest BCUT2D eigenvalue weighted by atomic mass is 10.1. The summed E-state index contributed by atoms with van der Waals surface area (Å²) in [6.07, 6.45) is 3.43. The van der Waals surface area contributed by atoms with Gasteiger partial charge >= 0.3 is 0 Å². The first-order chi connectivity index (χ1) is 6.83. The first-order valence-electron chi connectivity index (χ1n) is 4.15. The number of hydrogen-bond acceptors (Lipinski definition) is 2. The van der Waals surface area contributed by atoms with Crippen LogP contribution in [0.15, 0.2) is 34.8 Å². The van der Waals surface area contributed by atoms with E-state index in [9.17, 15) is 9.59 Å². The second-order valence-electron chi connectivity index (χ2n) is 2.90. The van der Waals surface area contributed by atoms with Gasteiger partial charge in [-0.15, -0.1) is 0 Å². The number of ketones is 1. The lowest BCUT2D eigenvalue weighted by molar-refractivity contribution is -0.106. The molecule has 0 fully saturated rings. The molecule has 0 bridgehead atoms. The summed E-state index contributed by atoms with van der Waals surface area (Å²) in [5.41, 5.74) is 2.00. The molecule has 0 saturated carbocycles. The Kier molecular flexibility index (Phi) is 2.07. The van der Waals surface area contributed by atoms with Gasteiger partial charge in [-0.25, -0.2) is 4.99 Å². The molecule has 14 heavy (non-hydrogen) atoms. The number of allylic oxidation sites excluding steroid dienone is 1. The minimum absolute atomic E-state index is 0.0776. The molecule has 0 saturated heterocycles. The van der Waals surface area contributed by atoms with E-state index in [2.05, 4.69) is 4.99 Å². The second kappa shape index (κ2) is 3.38. The van der Waals surface area contributed by atoms with E-state index in [0.29, 0.717) is 17.5 Å². The minimum atomic E-state index is -0.0776. The number of fused-ring (bicyclic) bond motifs is 1. The normalized spacial score (nSPS) is 14.3. The van der Waals surface area contributed by atoms with Gasteiger partial charge in [0.25, 0.3) is 0 Å². The van der Waals surface area contributed by atoms with Crippen molar-refractivity contribution in [1.82, 2.24) is 0 Å². The summed E-state index contributed by atoms with van der Waals surface area (Å²) in [6.45, 7) is 0. The van der Waals surface area contributed by atoms with Crippen molar-refractivity contribution in [1.29, 1.82) is 0 Å². The predicted molar refractivity (Wildman–Crippen MR) is 53.3 cm³/mol. The molecule has 1 aromatic rings. The van der Waals surface area contributed by atoms with Gasteiger partial charge in [-0.3, -0.25) is 9.59 Å². The quantitative estimate of drug-likeness (QED) is 0.517. The lowest BCUT2D eigenvalue weighted by Gasteiger charge is -1.93. The van der Waals surface area contributed by atoms with Crippen LogP contribution in [-0.4, -0.2) is 18.4 Å². The maximum atomic E-state index is 11.6. The molecular formula is C11H7NO2. The van der Waals surface area contributed by atoms with Crippen LogP contribution in [0.2, 0.25) is 0 Å². The van der Waals surface area contributed by atoms with Crippen LogP contribution in [0.4, 0.5) is 0 Å². The molecule has 1 amide bonds. The highest BCUT2D eigenvalue weighted by molar-refractivity contribution is 6.29. The minimum Gasteiger partial charge on any atom is -0.289 e. The molecule has 3 nitrogen and oxygen atoms in total. The van der Waals surface area contributed by atoms with Crippen molar-refractivity contribution in [2.75, 3.05) is 0 Å². The molecule has 0 aromatic heterocycles. The fraction of sp³-hybridized carbons (Fsp3) is 0. The number of aliphatic imine (C=N–C) groups is 1. The molecule has 0 N–H and O–H groups in total. The number of nitrogens with zero attached hydrogens (tertiary/aromatic N) is 1. The van der Waals surface area contributed by atoms with Gasteiger partial charge in [-0.1, -0.05) is 24.3 Å². The molecule has 1 aromatic carbocycles. The molecular weight excluding hydrogens is 178 g/mol. The summed E-state index contributed by atoms with van der Waals surface area (Å²) in [5, 5.41) is 0. The Bertz CT molecular complexity index is 458. The van der Waals surface area contributed by atoms with Crippen molar-refractivity contribution in [3.63, 3.8) is 0 Å². The molecule has 0 spiro atoms. The van der Waals surface area contributed by atoms with Crippen molar-refractivity contribution < 1.29 is 9.59 Å². The zero-order chi connectivity index (χ0) is 9.97. The highest BCUT2D eigenvalue weighted by Crippen LogP contribution is 2.23. The van der Waals surface area contributed by atoms with Gasteiger partial charge < -0.3 is 0 Å². The number of amides is 1. The summed E-state index contributed by atoms with van der Waals surface area (Å²) >= 11 is 0. The van der Waals surface area contributed by atoms with Gasteiger partial charge in [0.15, 0.2) is 5.78 Å². The highest BCUT2D eigenvalue weighted by atomic mass is 16.1. The maximum Gasteiger partial charge on any atom is 0.232 e. The van der Waals surface area contributed by atoms with Gasteiger partial charge in [-0.05, 0) is 11.6 Å². The summed E-state index contributed by atoms with van der Waals surface area (Å²) < 4.78 is 0. The van der Waals surface area contributed by atoms with Gasteiger partial charge in [0.2, 0.25) is 6.41 Å². The molecule has 3 heteroatoms. The Morgan fingerprint density at radius 1 is 1.21 bits per heavy atom. The van der Waals surface area contributed by atoms with Crippen LogP contribution in [0.3, 0.4) is 0 Å². The number of carbonyl (C=O) groups is 2. The monoisotopic (exact) mass is 185 g/mol. The smallest absolute Gasteiger partial charge is 0.232 e. The molecule has 1 aliphatic carbocycles. The Balaban J connectivity index is 2.41. The van der Waals surface area contributed by atoms with E-state index < -0.39 is 0 Å². The topological polar surface area (TPSA) is 46.5 Å². The number of Topliss-reactive ketones (excluding diaryl/α,β-unsaturated/α-hetero) is 1. The largest absolute Gasteiger partial charge is 0.289 e. The SMILES string of the molecule is O=CN=CC1=Cc2ccccc2C1=O. The lowest BCUT2D eigenvalue weighted by Crippen LogP contribution is -1.99. The summed E-state index contributed by atoms with van der Waals surface area (Å²) in [5.74, 6) is -0.0776. The summed E-state index contributed by atoms with van der Waals surface area (Å²) in [6, 6.07) is 7.29. The molecule has 0 aliphatic heterocycles. The van der Waals surface area contributed by atoms with E-state index in [1.165, 1.54) is 6.21 Å². The third kappa shape index (κ3) is 1.29. The fourth-order valence-corrected chi connectivity index (χ4v) is 1.42. The van der Waals surface area contributed by atoms with Crippen LogP contribution in [0, 0.1) is 0 Å². The average molecular weight is 185 g/mol. The average Bonchev–Trinajstić information content (AvgIpc) is 2.54. The third-order valence-electron chi connectivity index (χ3n) is 2.05. The van der Waals surface area contributed by atoms with Gasteiger partial charge in [0.1, 0.15) is 0 Å². The van der Waals surface area contributed by atoms with Crippen molar-refractivity contribution in [3.05, 3.63) is 41.0 Å². The fourth-order valence-electron chi connectivity index (χ4n) is 1.42. The zero-order valence-corrected chi connectivity index (χ0v) is 7.31. The highest BCUT2D eigenvalue weighted by Gasteiger charge is 2.19. The Hall–Kier alpha value is -2.03. The molecule has 0 radical (unpaired) electrons. The maximum absolute atomic E-state index is 11.6. The van der Waals surface area contributed by atoms with Gasteiger partial charge in [0, 0.05) is 17.4 Å². The van der Waals surface area contributed by atoms with Crippen LogP contribution < -0.4 is 0 Å². The zero-order valence-electron chi connectivity index (χ0n) is 7.31. The number of rotatable bonds is 2. The van der Waals surface area contributed by atoms with Crippen molar-refractivity contribution >= 4 is 24.5 Å². The summed E-state index contributed by atoms with van der Waals surface area (Å²) in [7, 11) is 0. The number of carbonyl (C=O) groups excluding carboxylic acids is 2. The van der Waals surface area contributed by atoms with E-state index in [-0.39, 0.29) is 5.78 Å². The first-order valence-corrected chi connectivity index (χ1v) is 4.15. The Labute approximate surface area is 80.8 Å². The van der Waals surface area contributed by atoms with Gasteiger partial charge in [0.05, 0.1) is 0 Å². The van der Waals surface area contributed by atoms with Crippen LogP contribution in [0.1, 0.15) is 15.9 Å². The molecule has 0 heterocycles. The molecule has 2 rings (SSSR count). The number of hydrogen-bond donors (Lipinski definition) is 0. The third-order valence-corrected chi connectivity index (χ3v) is 2.05. The molecule has 0 unspecified atom stereocenters. The number of benzene rings is 1. The van der Waals surface area contributed by atoms with E-state index in [4.69, 9.17) is 0 Å². The van der Waals surface area contributed by atoms with Crippen LogP contribution in [0.5, 0.6) is 0 Å². The second-order valence-corrected chi connectivity index (χ2v) is 2.90. The van der Waals surface area contributed by atoms with Crippen molar-refractivity contribution in [2.24, 2.45) is 4.99 Å². The van der Waals surface area contributed by atoms with E-state index in [1.54, 1.807) is 12.1 Å². The van der Waals surface area contributed by atoms with Gasteiger partial charge in [-0.2, -0.15) is 0 Å². The standard InChI is InChI=1S/C11H7NO2/c13-7-12-6-9-5-8-3-1-2-4-10(8)11(9)14/h1-7H. The van der Waals surface area contributed by atoms with E-state index in [1.807, 2.05) is 18.2 Å². The van der Waals surface area contributed by atoms with E-state index in [0.717, 1.165) is 5.56 Å². The molecule has 68 valence electrons. The van der Waals surface area contributed by atoms with Crippen LogP contribution in [0.25, 0.3) is 6.08 Å². The summed E-state index contributed by atoms with van der Waals surface area (Å²) in [4.78, 5) is 25.0. The van der Waals surface area contributed by atoms with Crippen molar-refractivity contribution in [2.45, 2.75) is 0 Å². The Morgan fingerprint density at radius 2 is 2.00 bits per heavy atom.